The monoisotopic (exact) mass is 481 g/mol. The van der Waals surface area contributed by atoms with Crippen molar-refractivity contribution in [3.63, 3.8) is 0 Å². The third-order valence-electron chi connectivity index (χ3n) is 4.21. The summed E-state index contributed by atoms with van der Waals surface area (Å²) in [6.07, 6.45) is 0. The van der Waals surface area contributed by atoms with E-state index in [0.717, 1.165) is 5.56 Å². The quantitative estimate of drug-likeness (QED) is 0.364. The molecule has 3 N–H and O–H groups in total. The molecule has 0 saturated heterocycles. The summed E-state index contributed by atoms with van der Waals surface area (Å²) in [5, 5.41) is 22.6. The second-order valence-electron chi connectivity index (χ2n) is 6.31. The van der Waals surface area contributed by atoms with Gasteiger partial charge in [0.05, 0.1) is 12.0 Å². The lowest BCUT2D eigenvalue weighted by atomic mass is 10.1. The highest BCUT2D eigenvalue weighted by Gasteiger charge is 2.17. The Hall–Kier alpha value is -3.55. The van der Waals surface area contributed by atoms with Crippen LogP contribution in [-0.4, -0.2) is 44.9 Å². The Balaban J connectivity index is 0.000000837. The van der Waals surface area contributed by atoms with E-state index < -0.39 is 20.7 Å². The van der Waals surface area contributed by atoms with Crippen LogP contribution < -0.4 is 10.1 Å². The Morgan fingerprint density at radius 2 is 1.62 bits per heavy atom. The van der Waals surface area contributed by atoms with Crippen LogP contribution in [0.4, 0.5) is 17.1 Å². The van der Waals surface area contributed by atoms with Gasteiger partial charge >= 0.3 is 10.6 Å². The van der Waals surface area contributed by atoms with Crippen molar-refractivity contribution in [1.82, 2.24) is 0 Å². The zero-order valence-corrected chi connectivity index (χ0v) is 18.7. The van der Waals surface area contributed by atoms with Crippen LogP contribution in [0.1, 0.15) is 5.56 Å². The molecule has 3 aromatic rings. The molecule has 0 spiro atoms. The lowest BCUT2D eigenvalue weighted by Crippen LogP contribution is -2.00. The largest absolute Gasteiger partial charge is 0.505 e. The van der Waals surface area contributed by atoms with Gasteiger partial charge in [0.15, 0.2) is 5.75 Å². The number of aromatic hydroxyl groups is 1. The molecule has 0 saturated carbocycles. The summed E-state index contributed by atoms with van der Waals surface area (Å²) in [4.78, 5) is -0.275. The molecule has 170 valence electrons. The van der Waals surface area contributed by atoms with Crippen molar-refractivity contribution in [2.24, 2.45) is 10.2 Å². The van der Waals surface area contributed by atoms with E-state index in [-0.39, 0.29) is 16.3 Å². The molecule has 3 aromatic carbocycles. The molecule has 0 aliphatic rings. The molecule has 0 radical (unpaired) electrons. The average molecular weight is 482 g/mol. The molecule has 0 aliphatic carbocycles. The predicted octanol–water partition coefficient (Wildman–Crippen LogP) is 3.56. The van der Waals surface area contributed by atoms with Gasteiger partial charge in [0.25, 0.3) is 10.1 Å². The van der Waals surface area contributed by atoms with E-state index in [0.29, 0.717) is 27.9 Å². The molecule has 11 nitrogen and oxygen atoms in total. The van der Waals surface area contributed by atoms with E-state index in [1.165, 1.54) is 25.3 Å². The Morgan fingerprint density at radius 3 is 2.19 bits per heavy atom. The molecule has 0 aliphatic heterocycles. The first-order valence-corrected chi connectivity index (χ1v) is 11.2. The fourth-order valence-corrected chi connectivity index (χ4v) is 3.36. The van der Waals surface area contributed by atoms with Crippen molar-refractivity contribution < 1.29 is 35.4 Å². The van der Waals surface area contributed by atoms with E-state index in [1.54, 1.807) is 25.2 Å². The molecule has 0 fully saturated rings. The van der Waals surface area contributed by atoms with Crippen LogP contribution in [0.15, 0.2) is 57.6 Å². The summed E-state index contributed by atoms with van der Waals surface area (Å²) in [7, 11) is -4.39. The molecular formula is C19H19N3O8S2. The number of methoxy groups -OCH3 is 1. The van der Waals surface area contributed by atoms with Gasteiger partial charge in [-0.05, 0) is 48.2 Å². The molecule has 0 atom stereocenters. The second kappa shape index (κ2) is 10.2. The Bertz CT molecular complexity index is 1400. The van der Waals surface area contributed by atoms with Gasteiger partial charge < -0.3 is 15.2 Å². The van der Waals surface area contributed by atoms with Crippen LogP contribution in [0.3, 0.4) is 0 Å². The third kappa shape index (κ3) is 6.00. The van der Waals surface area contributed by atoms with E-state index >= 15 is 0 Å². The van der Waals surface area contributed by atoms with Crippen LogP contribution >= 0.6 is 0 Å². The number of benzene rings is 3. The summed E-state index contributed by atoms with van der Waals surface area (Å²) in [5.74, 6) is 0.377. The molecule has 0 unspecified atom stereocenters. The van der Waals surface area contributed by atoms with E-state index in [1.807, 2.05) is 13.0 Å². The number of nitrogens with one attached hydrogen (secondary N) is 1. The summed E-state index contributed by atoms with van der Waals surface area (Å²) < 4.78 is 62.8. The number of azo groups is 1. The Morgan fingerprint density at radius 1 is 1.00 bits per heavy atom. The molecule has 13 heteroatoms. The Kier molecular flexibility index (Phi) is 7.86. The summed E-state index contributed by atoms with van der Waals surface area (Å²) in [6.45, 7) is 1.91. The van der Waals surface area contributed by atoms with Crippen molar-refractivity contribution in [2.45, 2.75) is 11.8 Å². The number of hydrogen-bond donors (Lipinski definition) is 3. The lowest BCUT2D eigenvalue weighted by Gasteiger charge is -2.11. The first-order chi connectivity index (χ1) is 15.0. The zero-order chi connectivity index (χ0) is 24.1. The van der Waals surface area contributed by atoms with Gasteiger partial charge in [-0.2, -0.15) is 8.42 Å². The van der Waals surface area contributed by atoms with Crippen LogP contribution in [0.5, 0.6) is 11.5 Å². The standard InChI is InChI=1S/C19H19N3O5S.O3S/c1-11-4-7-17(27-3)15(8-11)22-21-14-6-5-12-9-13(28(24,25)26)10-16(20-2)18(12)19(14)23;1-4(2)3/h4-10,20,23H,1-3H3,(H,24,25,26);. The highest BCUT2D eigenvalue weighted by atomic mass is 32.2. The number of fused-ring (bicyclic) bond motifs is 1. The molecular weight excluding hydrogens is 462 g/mol. The maximum absolute atomic E-state index is 11.5. The fraction of sp³-hybridized carbons (Fsp3) is 0.158. The number of ether oxygens (including phenoxy) is 1. The fourth-order valence-electron chi connectivity index (χ4n) is 2.82. The van der Waals surface area contributed by atoms with Gasteiger partial charge in [-0.25, -0.2) is 0 Å². The number of phenols is 1. The van der Waals surface area contributed by atoms with Gasteiger partial charge in [-0.3, -0.25) is 4.55 Å². The van der Waals surface area contributed by atoms with Crippen LogP contribution in [0, 0.1) is 6.92 Å². The molecule has 32 heavy (non-hydrogen) atoms. The van der Waals surface area contributed by atoms with Gasteiger partial charge in [-0.1, -0.05) is 12.1 Å². The minimum Gasteiger partial charge on any atom is -0.505 e. The maximum atomic E-state index is 11.5. The topological polar surface area (TPSA) is 172 Å². The number of anilines is 1. The van der Waals surface area contributed by atoms with E-state index in [2.05, 4.69) is 15.5 Å². The molecule has 0 heterocycles. The van der Waals surface area contributed by atoms with E-state index in [4.69, 9.17) is 17.4 Å². The first-order valence-electron chi connectivity index (χ1n) is 8.76. The zero-order valence-electron chi connectivity index (χ0n) is 17.1. The number of rotatable bonds is 5. The number of hydrogen-bond acceptors (Lipinski definition) is 10. The van der Waals surface area contributed by atoms with Crippen molar-refractivity contribution >= 4 is 48.6 Å². The van der Waals surface area contributed by atoms with Crippen molar-refractivity contribution in [2.75, 3.05) is 19.5 Å². The molecule has 0 amide bonds. The minimum atomic E-state index is -4.39. The van der Waals surface area contributed by atoms with Crippen molar-refractivity contribution in [3.8, 4) is 11.5 Å². The predicted molar refractivity (Wildman–Crippen MR) is 117 cm³/mol. The molecule has 0 aromatic heterocycles. The van der Waals surface area contributed by atoms with E-state index in [9.17, 15) is 18.1 Å². The third-order valence-corrected chi connectivity index (χ3v) is 5.04. The number of phenolic OH excluding ortho intramolecular Hbond substituents is 1. The lowest BCUT2D eigenvalue weighted by molar-refractivity contribution is 0.415. The van der Waals surface area contributed by atoms with Crippen LogP contribution in [-0.2, 0) is 20.7 Å². The summed E-state index contributed by atoms with van der Waals surface area (Å²) >= 11 is 0. The number of nitrogens with zero attached hydrogens (tertiary/aromatic N) is 2. The normalized spacial score (nSPS) is 11.1. The highest BCUT2D eigenvalue weighted by molar-refractivity contribution is 7.85. The summed E-state index contributed by atoms with van der Waals surface area (Å²) in [5.41, 5.74) is 2.02. The second-order valence-corrected chi connectivity index (χ2v) is 8.14. The van der Waals surface area contributed by atoms with Gasteiger partial charge in [0, 0.05) is 18.1 Å². The first kappa shape index (κ1) is 24.7. The minimum absolute atomic E-state index is 0.167. The smallest absolute Gasteiger partial charge is 0.425 e. The summed E-state index contributed by atoms with van der Waals surface area (Å²) in [6, 6.07) is 11.1. The highest BCUT2D eigenvalue weighted by Crippen LogP contribution is 2.41. The van der Waals surface area contributed by atoms with Crippen molar-refractivity contribution in [1.29, 1.82) is 0 Å². The van der Waals surface area contributed by atoms with Crippen LogP contribution in [0.25, 0.3) is 10.8 Å². The number of aryl methyl sites for hydroxylation is 1. The molecule has 0 bridgehead atoms. The van der Waals surface area contributed by atoms with Crippen LogP contribution in [0.2, 0.25) is 0 Å². The average Bonchev–Trinajstić information content (AvgIpc) is 2.71. The van der Waals surface area contributed by atoms with Crippen molar-refractivity contribution in [3.05, 3.63) is 48.0 Å². The Labute approximate surface area is 185 Å². The maximum Gasteiger partial charge on any atom is 0.425 e. The SMILES string of the molecule is CNc1cc(S(=O)(=O)O)cc2ccc(N=Nc3cc(C)ccc3OC)c(O)c12.O=S(=O)=O. The van der Waals surface area contributed by atoms with Gasteiger partial charge in [0.1, 0.15) is 17.1 Å². The van der Waals surface area contributed by atoms with Gasteiger partial charge in [-0.15, -0.1) is 22.9 Å². The van der Waals surface area contributed by atoms with Gasteiger partial charge in [0.2, 0.25) is 0 Å². The molecule has 3 rings (SSSR count).